The fourth-order valence-corrected chi connectivity index (χ4v) is 1.14. The van der Waals surface area contributed by atoms with Crippen LogP contribution in [-0.2, 0) is 0 Å². The van der Waals surface area contributed by atoms with Crippen molar-refractivity contribution < 1.29 is 8.78 Å². The van der Waals surface area contributed by atoms with E-state index in [0.29, 0.717) is 12.3 Å². The van der Waals surface area contributed by atoms with E-state index in [1.807, 2.05) is 0 Å². The monoisotopic (exact) mass is 179 g/mol. The van der Waals surface area contributed by atoms with Crippen molar-refractivity contribution in [1.82, 2.24) is 5.32 Å². The minimum absolute atomic E-state index is 0.576. The molecule has 0 fully saturated rings. The highest BCUT2D eigenvalue weighted by molar-refractivity contribution is 4.66. The maximum absolute atomic E-state index is 12.2. The number of nitrogens with one attached hydrogen (secondary N) is 1. The van der Waals surface area contributed by atoms with Crippen molar-refractivity contribution >= 4 is 0 Å². The third-order valence-corrected chi connectivity index (χ3v) is 1.97. The molecule has 0 saturated heterocycles. The van der Waals surface area contributed by atoms with Crippen LogP contribution in [0.2, 0.25) is 0 Å². The van der Waals surface area contributed by atoms with Gasteiger partial charge in [0.25, 0.3) is 6.43 Å². The van der Waals surface area contributed by atoms with E-state index < -0.39 is 12.5 Å². The predicted molar refractivity (Wildman–Crippen MR) is 47.5 cm³/mol. The molecule has 1 nitrogen and oxygen atoms in total. The summed E-state index contributed by atoms with van der Waals surface area (Å²) >= 11 is 0. The Labute approximate surface area is 73.5 Å². The minimum Gasteiger partial charge on any atom is -0.312 e. The lowest BCUT2D eigenvalue weighted by Gasteiger charge is -2.15. The Morgan fingerprint density at radius 3 is 2.08 bits per heavy atom. The van der Waals surface area contributed by atoms with Crippen molar-refractivity contribution in [3.63, 3.8) is 0 Å². The summed E-state index contributed by atoms with van der Waals surface area (Å²) in [5.74, 6) is 0.611. The van der Waals surface area contributed by atoms with Gasteiger partial charge in [-0.3, -0.25) is 0 Å². The lowest BCUT2D eigenvalue weighted by molar-refractivity contribution is 0.0961. The number of halogens is 2. The Kier molecular flexibility index (Phi) is 6.25. The van der Waals surface area contributed by atoms with Gasteiger partial charge in [-0.1, -0.05) is 26.7 Å². The zero-order valence-electron chi connectivity index (χ0n) is 8.11. The van der Waals surface area contributed by atoms with Crippen LogP contribution < -0.4 is 5.32 Å². The summed E-state index contributed by atoms with van der Waals surface area (Å²) in [5, 5.41) is 2.63. The zero-order valence-corrected chi connectivity index (χ0v) is 8.11. The second-order valence-corrected chi connectivity index (χ2v) is 3.55. The van der Waals surface area contributed by atoms with Crippen LogP contribution in [0.1, 0.15) is 33.1 Å². The molecule has 0 heterocycles. The van der Waals surface area contributed by atoms with Gasteiger partial charge < -0.3 is 5.32 Å². The minimum atomic E-state index is -2.23. The molecule has 0 aromatic carbocycles. The topological polar surface area (TPSA) is 12.0 Å². The molecule has 0 amide bonds. The van der Waals surface area contributed by atoms with Crippen molar-refractivity contribution in [1.29, 1.82) is 0 Å². The quantitative estimate of drug-likeness (QED) is 0.661. The molecular weight excluding hydrogens is 160 g/mol. The SMILES string of the molecule is CNC(CCCC(C)C)C(F)F. The predicted octanol–water partition coefficient (Wildman–Crippen LogP) is 2.67. The van der Waals surface area contributed by atoms with E-state index in [1.54, 1.807) is 7.05 Å². The summed E-state index contributed by atoms with van der Waals surface area (Å²) in [6, 6.07) is -0.622. The van der Waals surface area contributed by atoms with E-state index in [4.69, 9.17) is 0 Å². The van der Waals surface area contributed by atoms with Crippen LogP contribution in [0.25, 0.3) is 0 Å². The molecule has 0 bridgehead atoms. The average molecular weight is 179 g/mol. The van der Waals surface area contributed by atoms with Gasteiger partial charge in [0.15, 0.2) is 0 Å². The van der Waals surface area contributed by atoms with Gasteiger partial charge in [0, 0.05) is 0 Å². The van der Waals surface area contributed by atoms with E-state index in [0.717, 1.165) is 12.8 Å². The highest BCUT2D eigenvalue weighted by Gasteiger charge is 2.16. The molecule has 1 atom stereocenters. The number of rotatable bonds is 6. The first kappa shape index (κ1) is 11.8. The summed E-state index contributed by atoms with van der Waals surface area (Å²) in [4.78, 5) is 0. The highest BCUT2D eigenvalue weighted by atomic mass is 19.3. The van der Waals surface area contributed by atoms with Crippen molar-refractivity contribution in [2.24, 2.45) is 5.92 Å². The summed E-state index contributed by atoms with van der Waals surface area (Å²) in [5.41, 5.74) is 0. The number of hydrogen-bond donors (Lipinski definition) is 1. The molecule has 0 rings (SSSR count). The van der Waals surface area contributed by atoms with Gasteiger partial charge in [-0.2, -0.15) is 0 Å². The van der Waals surface area contributed by atoms with Gasteiger partial charge in [-0.05, 0) is 19.4 Å². The van der Waals surface area contributed by atoms with Crippen molar-refractivity contribution in [3.8, 4) is 0 Å². The first-order chi connectivity index (χ1) is 5.57. The molecule has 3 heteroatoms. The maximum atomic E-state index is 12.2. The molecule has 0 aromatic heterocycles. The molecule has 0 aliphatic heterocycles. The van der Waals surface area contributed by atoms with Crippen LogP contribution in [0.15, 0.2) is 0 Å². The Hall–Kier alpha value is -0.180. The highest BCUT2D eigenvalue weighted by Crippen LogP contribution is 2.12. The molecule has 0 aromatic rings. The van der Waals surface area contributed by atoms with Gasteiger partial charge in [-0.15, -0.1) is 0 Å². The Morgan fingerprint density at radius 2 is 1.75 bits per heavy atom. The first-order valence-electron chi connectivity index (χ1n) is 4.53. The Bertz CT molecular complexity index is 105. The largest absolute Gasteiger partial charge is 0.312 e. The summed E-state index contributed by atoms with van der Waals surface area (Å²) in [6.07, 6.45) is 0.257. The standard InChI is InChI=1S/C9H19F2N/c1-7(2)5-4-6-8(12-3)9(10)11/h7-9,12H,4-6H2,1-3H3. The van der Waals surface area contributed by atoms with Crippen molar-refractivity contribution in [3.05, 3.63) is 0 Å². The van der Waals surface area contributed by atoms with Gasteiger partial charge >= 0.3 is 0 Å². The summed E-state index contributed by atoms with van der Waals surface area (Å²) in [7, 11) is 1.59. The maximum Gasteiger partial charge on any atom is 0.253 e. The smallest absolute Gasteiger partial charge is 0.253 e. The van der Waals surface area contributed by atoms with E-state index in [2.05, 4.69) is 19.2 Å². The molecule has 1 N–H and O–H groups in total. The molecule has 12 heavy (non-hydrogen) atoms. The molecular formula is C9H19F2N. The second kappa shape index (κ2) is 6.35. The third-order valence-electron chi connectivity index (χ3n) is 1.97. The van der Waals surface area contributed by atoms with Gasteiger partial charge in [0.05, 0.1) is 6.04 Å². The molecule has 0 aliphatic carbocycles. The van der Waals surface area contributed by atoms with E-state index in [-0.39, 0.29) is 0 Å². The molecule has 74 valence electrons. The molecule has 1 unspecified atom stereocenters. The lowest BCUT2D eigenvalue weighted by atomic mass is 10.0. The fraction of sp³-hybridized carbons (Fsp3) is 1.00. The van der Waals surface area contributed by atoms with Crippen LogP contribution in [0, 0.1) is 5.92 Å². The molecule has 0 radical (unpaired) electrons. The first-order valence-corrected chi connectivity index (χ1v) is 4.53. The third kappa shape index (κ3) is 5.47. The van der Waals surface area contributed by atoms with E-state index in [9.17, 15) is 8.78 Å². The molecule has 0 aliphatic rings. The Balaban J connectivity index is 3.45. The van der Waals surface area contributed by atoms with Crippen LogP contribution >= 0.6 is 0 Å². The van der Waals surface area contributed by atoms with Crippen LogP contribution in [0.5, 0.6) is 0 Å². The number of alkyl halides is 2. The van der Waals surface area contributed by atoms with Crippen LogP contribution in [0.4, 0.5) is 8.78 Å². The van der Waals surface area contributed by atoms with Crippen LogP contribution in [0.3, 0.4) is 0 Å². The fourth-order valence-electron chi connectivity index (χ4n) is 1.14. The van der Waals surface area contributed by atoms with Gasteiger partial charge in [-0.25, -0.2) is 8.78 Å². The van der Waals surface area contributed by atoms with Crippen molar-refractivity contribution in [2.45, 2.75) is 45.6 Å². The summed E-state index contributed by atoms with van der Waals surface area (Å²) in [6.45, 7) is 4.22. The van der Waals surface area contributed by atoms with E-state index >= 15 is 0 Å². The second-order valence-electron chi connectivity index (χ2n) is 3.55. The molecule has 0 spiro atoms. The van der Waals surface area contributed by atoms with Gasteiger partial charge in [0.1, 0.15) is 0 Å². The van der Waals surface area contributed by atoms with Crippen LogP contribution in [-0.4, -0.2) is 19.5 Å². The average Bonchev–Trinajstić information content (AvgIpc) is 1.96. The Morgan fingerprint density at radius 1 is 1.17 bits per heavy atom. The zero-order chi connectivity index (χ0) is 9.56. The normalized spacial score (nSPS) is 14.2. The summed E-state index contributed by atoms with van der Waals surface area (Å²) < 4.78 is 24.3. The van der Waals surface area contributed by atoms with Gasteiger partial charge in [0.2, 0.25) is 0 Å². The number of hydrogen-bond acceptors (Lipinski definition) is 1. The van der Waals surface area contributed by atoms with Crippen molar-refractivity contribution in [2.75, 3.05) is 7.05 Å². The van der Waals surface area contributed by atoms with E-state index in [1.165, 1.54) is 0 Å². The lowest BCUT2D eigenvalue weighted by Crippen LogP contribution is -2.32. The molecule has 0 saturated carbocycles.